The molecule has 0 aliphatic heterocycles. The highest BCUT2D eigenvalue weighted by molar-refractivity contribution is 7.99. The number of nitrogens with zero attached hydrogens (tertiary/aromatic N) is 3. The van der Waals surface area contributed by atoms with Crippen molar-refractivity contribution in [3.8, 4) is 5.75 Å². The summed E-state index contributed by atoms with van der Waals surface area (Å²) in [5.41, 5.74) is 4.78. The minimum absolute atomic E-state index is 0.140. The first-order chi connectivity index (χ1) is 13.5. The van der Waals surface area contributed by atoms with Crippen molar-refractivity contribution in [3.05, 3.63) is 47.3 Å². The Balaban J connectivity index is 1.86. The number of carbonyl (C=O) groups is 2. The lowest BCUT2D eigenvalue weighted by molar-refractivity contribution is -0.145. The minimum Gasteiger partial charge on any atom is -0.481 e. The molecule has 0 fully saturated rings. The number of thioether (sulfide) groups is 1. The second kappa shape index (κ2) is 11.0. The first-order valence-electron chi connectivity index (χ1n) is 8.62. The number of aryl methyl sites for hydroxylation is 2. The Kier molecular flexibility index (Phi) is 8.41. The minimum atomic E-state index is -0.451. The van der Waals surface area contributed by atoms with E-state index in [0.29, 0.717) is 23.1 Å². The molecule has 28 heavy (non-hydrogen) atoms. The van der Waals surface area contributed by atoms with Gasteiger partial charge in [-0.15, -0.1) is 0 Å². The van der Waals surface area contributed by atoms with Gasteiger partial charge in [0.2, 0.25) is 0 Å². The molecular weight excluding hydrogens is 380 g/mol. The lowest BCUT2D eigenvalue weighted by atomic mass is 10.2. The first kappa shape index (κ1) is 21.4. The standard InChI is InChI=1S/C19H22N4O4S/c1-4-26-18(25)11-27-16-8-6-5-7-15(16)10-20-23-17(24)12-28-19-21-13(2)9-14(3)22-19/h5-10H,4,11-12H2,1-3H3,(H,23,24)/b20-10-. The molecule has 0 saturated heterocycles. The zero-order valence-corrected chi connectivity index (χ0v) is 16.8. The van der Waals surface area contributed by atoms with Crippen molar-refractivity contribution in [1.29, 1.82) is 0 Å². The topological polar surface area (TPSA) is 103 Å². The third-order valence-corrected chi connectivity index (χ3v) is 4.10. The number of ether oxygens (including phenoxy) is 2. The summed E-state index contributed by atoms with van der Waals surface area (Å²) in [6, 6.07) is 8.91. The monoisotopic (exact) mass is 402 g/mol. The maximum atomic E-state index is 12.0. The predicted octanol–water partition coefficient (Wildman–Crippen LogP) is 2.28. The molecule has 0 saturated carbocycles. The van der Waals surface area contributed by atoms with Gasteiger partial charge in [0.1, 0.15) is 5.75 Å². The fourth-order valence-electron chi connectivity index (χ4n) is 2.15. The van der Waals surface area contributed by atoms with Crippen molar-refractivity contribution < 1.29 is 19.1 Å². The Morgan fingerprint density at radius 3 is 2.64 bits per heavy atom. The van der Waals surface area contributed by atoms with Gasteiger partial charge in [-0.2, -0.15) is 5.10 Å². The average Bonchev–Trinajstić information content (AvgIpc) is 2.65. The molecule has 0 unspecified atom stereocenters. The third kappa shape index (κ3) is 7.36. The van der Waals surface area contributed by atoms with Crippen LogP contribution in [0.15, 0.2) is 40.6 Å². The number of hydrogen-bond acceptors (Lipinski definition) is 8. The fourth-order valence-corrected chi connectivity index (χ4v) is 2.89. The summed E-state index contributed by atoms with van der Waals surface area (Å²) in [4.78, 5) is 31.9. The smallest absolute Gasteiger partial charge is 0.344 e. The Bertz CT molecular complexity index is 837. The van der Waals surface area contributed by atoms with Gasteiger partial charge in [0.25, 0.3) is 5.91 Å². The summed E-state index contributed by atoms with van der Waals surface area (Å²) < 4.78 is 10.3. The summed E-state index contributed by atoms with van der Waals surface area (Å²) in [6.45, 7) is 5.58. The molecule has 148 valence electrons. The van der Waals surface area contributed by atoms with E-state index in [1.165, 1.54) is 18.0 Å². The molecule has 0 radical (unpaired) electrons. The summed E-state index contributed by atoms with van der Waals surface area (Å²) >= 11 is 1.24. The second-order valence-corrected chi connectivity index (χ2v) is 6.59. The fraction of sp³-hybridized carbons (Fsp3) is 0.316. The second-order valence-electron chi connectivity index (χ2n) is 5.65. The number of hydrogen-bond donors (Lipinski definition) is 1. The summed E-state index contributed by atoms with van der Waals surface area (Å²) in [7, 11) is 0. The Morgan fingerprint density at radius 2 is 1.93 bits per heavy atom. The van der Waals surface area contributed by atoms with Crippen LogP contribution < -0.4 is 10.2 Å². The van der Waals surface area contributed by atoms with Crippen molar-refractivity contribution in [1.82, 2.24) is 15.4 Å². The normalized spacial score (nSPS) is 10.7. The van der Waals surface area contributed by atoms with Gasteiger partial charge in [0.15, 0.2) is 11.8 Å². The largest absolute Gasteiger partial charge is 0.481 e. The van der Waals surface area contributed by atoms with E-state index in [1.807, 2.05) is 19.9 Å². The molecule has 1 aromatic heterocycles. The first-order valence-corrected chi connectivity index (χ1v) is 9.61. The van der Waals surface area contributed by atoms with Crippen LogP contribution in [0.2, 0.25) is 0 Å². The van der Waals surface area contributed by atoms with E-state index in [4.69, 9.17) is 9.47 Å². The molecule has 8 nitrogen and oxygen atoms in total. The number of nitrogens with one attached hydrogen (secondary N) is 1. The van der Waals surface area contributed by atoms with Crippen LogP contribution in [0.1, 0.15) is 23.9 Å². The zero-order chi connectivity index (χ0) is 20.4. The summed E-state index contributed by atoms with van der Waals surface area (Å²) in [5, 5.41) is 4.49. The Labute approximate surface area is 167 Å². The van der Waals surface area contributed by atoms with Gasteiger partial charge < -0.3 is 9.47 Å². The molecule has 2 rings (SSSR count). The molecule has 2 aromatic rings. The SMILES string of the molecule is CCOC(=O)COc1ccccc1/C=N\NC(=O)CSc1nc(C)cc(C)n1. The van der Waals surface area contributed by atoms with Crippen LogP contribution in [0, 0.1) is 13.8 Å². The van der Waals surface area contributed by atoms with Gasteiger partial charge in [-0.05, 0) is 39.0 Å². The number of aromatic nitrogens is 2. The van der Waals surface area contributed by atoms with Gasteiger partial charge in [0.05, 0.1) is 18.6 Å². The van der Waals surface area contributed by atoms with Crippen LogP contribution in [0.3, 0.4) is 0 Å². The molecule has 1 aromatic carbocycles. The summed E-state index contributed by atoms with van der Waals surface area (Å²) in [6.07, 6.45) is 1.45. The van der Waals surface area contributed by atoms with Crippen LogP contribution >= 0.6 is 11.8 Å². The van der Waals surface area contributed by atoms with E-state index in [9.17, 15) is 9.59 Å². The van der Waals surface area contributed by atoms with Crippen LogP contribution in [0.25, 0.3) is 0 Å². The lowest BCUT2D eigenvalue weighted by Gasteiger charge is -2.08. The van der Waals surface area contributed by atoms with E-state index in [-0.39, 0.29) is 18.3 Å². The highest BCUT2D eigenvalue weighted by Gasteiger charge is 2.07. The third-order valence-electron chi connectivity index (χ3n) is 3.26. The molecular formula is C19H22N4O4S. The zero-order valence-electron chi connectivity index (χ0n) is 16.0. The maximum Gasteiger partial charge on any atom is 0.344 e. The van der Waals surface area contributed by atoms with Gasteiger partial charge in [0, 0.05) is 17.0 Å². The molecule has 0 aliphatic carbocycles. The Morgan fingerprint density at radius 1 is 1.21 bits per heavy atom. The van der Waals surface area contributed by atoms with Gasteiger partial charge in [-0.25, -0.2) is 20.2 Å². The summed E-state index contributed by atoms with van der Waals surface area (Å²) in [5.74, 6) is -0.130. The maximum absolute atomic E-state index is 12.0. The van der Waals surface area contributed by atoms with Gasteiger partial charge in [-0.3, -0.25) is 4.79 Å². The molecule has 1 heterocycles. The van der Waals surface area contributed by atoms with E-state index < -0.39 is 5.97 Å². The Hall–Kier alpha value is -2.94. The van der Waals surface area contributed by atoms with Crippen LogP contribution in [-0.2, 0) is 14.3 Å². The average molecular weight is 402 g/mol. The van der Waals surface area contributed by atoms with E-state index in [2.05, 4.69) is 20.5 Å². The van der Waals surface area contributed by atoms with Crippen molar-refractivity contribution in [3.63, 3.8) is 0 Å². The molecule has 0 spiro atoms. The number of para-hydroxylation sites is 1. The van der Waals surface area contributed by atoms with E-state index in [0.717, 1.165) is 11.4 Å². The highest BCUT2D eigenvalue weighted by atomic mass is 32.2. The van der Waals surface area contributed by atoms with Crippen molar-refractivity contribution in [2.24, 2.45) is 5.10 Å². The van der Waals surface area contributed by atoms with Gasteiger partial charge >= 0.3 is 5.97 Å². The predicted molar refractivity (Wildman–Crippen MR) is 107 cm³/mol. The molecule has 0 aliphatic rings. The van der Waals surface area contributed by atoms with Gasteiger partial charge in [-0.1, -0.05) is 23.9 Å². The lowest BCUT2D eigenvalue weighted by Crippen LogP contribution is -2.20. The number of hydrazone groups is 1. The number of carbonyl (C=O) groups excluding carboxylic acids is 2. The molecule has 1 amide bonds. The van der Waals surface area contributed by atoms with E-state index in [1.54, 1.807) is 31.2 Å². The number of benzene rings is 1. The number of rotatable bonds is 9. The molecule has 1 N–H and O–H groups in total. The van der Waals surface area contributed by atoms with Crippen molar-refractivity contribution >= 4 is 29.9 Å². The van der Waals surface area contributed by atoms with E-state index >= 15 is 0 Å². The van der Waals surface area contributed by atoms with Crippen LogP contribution in [0.5, 0.6) is 5.75 Å². The van der Waals surface area contributed by atoms with Crippen molar-refractivity contribution in [2.45, 2.75) is 25.9 Å². The molecule has 0 atom stereocenters. The van der Waals surface area contributed by atoms with Crippen LogP contribution in [-0.4, -0.2) is 47.0 Å². The highest BCUT2D eigenvalue weighted by Crippen LogP contribution is 2.16. The quantitative estimate of drug-likeness (QED) is 0.226. The van der Waals surface area contributed by atoms with Crippen molar-refractivity contribution in [2.75, 3.05) is 19.0 Å². The molecule has 9 heteroatoms. The van der Waals surface area contributed by atoms with Crippen LogP contribution in [0.4, 0.5) is 0 Å². The number of amides is 1. The number of esters is 1. The molecule has 0 bridgehead atoms.